The van der Waals surface area contributed by atoms with Gasteiger partial charge in [0, 0.05) is 6.04 Å². The van der Waals surface area contributed by atoms with Crippen LogP contribution in [0, 0.1) is 24.7 Å². The van der Waals surface area contributed by atoms with Crippen LogP contribution in [-0.4, -0.2) is 23.7 Å². The quantitative estimate of drug-likeness (QED) is 0.841. The van der Waals surface area contributed by atoms with Crippen LogP contribution in [0.3, 0.4) is 0 Å². The van der Waals surface area contributed by atoms with E-state index in [0.29, 0.717) is 10.8 Å². The molecule has 108 valence electrons. The highest BCUT2D eigenvalue weighted by molar-refractivity contribution is 7.14. The van der Waals surface area contributed by atoms with Crippen molar-refractivity contribution >= 4 is 17.2 Å². The molecule has 1 atom stereocenters. The molecule has 1 heterocycles. The molecule has 1 saturated carbocycles. The van der Waals surface area contributed by atoms with Crippen LogP contribution < -0.4 is 5.32 Å². The van der Waals surface area contributed by atoms with Crippen molar-refractivity contribution < 1.29 is 9.90 Å². The van der Waals surface area contributed by atoms with Crippen molar-refractivity contribution in [2.45, 2.75) is 45.6 Å². The number of aliphatic hydroxyl groups excluding tert-OH is 1. The smallest absolute Gasteiger partial charge is 0.261 e. The van der Waals surface area contributed by atoms with Gasteiger partial charge in [0.2, 0.25) is 0 Å². The predicted molar refractivity (Wildman–Crippen MR) is 81.9 cm³/mol. The second-order valence-corrected chi connectivity index (χ2v) is 6.44. The Balaban J connectivity index is 2.01. The number of amides is 1. The maximum atomic E-state index is 12.3. The van der Waals surface area contributed by atoms with Gasteiger partial charge in [-0.3, -0.25) is 4.79 Å². The first-order valence-electron chi connectivity index (χ1n) is 7.13. The van der Waals surface area contributed by atoms with Gasteiger partial charge >= 0.3 is 0 Å². The van der Waals surface area contributed by atoms with Gasteiger partial charge in [0.05, 0.1) is 9.75 Å². The highest BCUT2D eigenvalue weighted by atomic mass is 32.1. The summed E-state index contributed by atoms with van der Waals surface area (Å²) in [6, 6.07) is 2.11. The number of hydrogen-bond acceptors (Lipinski definition) is 3. The minimum Gasteiger partial charge on any atom is -0.384 e. The van der Waals surface area contributed by atoms with Crippen molar-refractivity contribution in [2.24, 2.45) is 5.92 Å². The Bertz CT molecular complexity index is 532. The van der Waals surface area contributed by atoms with Crippen molar-refractivity contribution in [1.82, 2.24) is 5.32 Å². The zero-order chi connectivity index (χ0) is 14.5. The summed E-state index contributed by atoms with van der Waals surface area (Å²) < 4.78 is 0. The third-order valence-corrected chi connectivity index (χ3v) is 5.04. The summed E-state index contributed by atoms with van der Waals surface area (Å²) in [6.45, 7) is 3.88. The fourth-order valence-corrected chi connectivity index (χ4v) is 3.64. The van der Waals surface area contributed by atoms with Crippen LogP contribution in [0.2, 0.25) is 0 Å². The molecule has 0 aromatic carbocycles. The van der Waals surface area contributed by atoms with Crippen LogP contribution >= 0.6 is 11.3 Å². The first-order chi connectivity index (χ1) is 9.61. The summed E-state index contributed by atoms with van der Waals surface area (Å²) in [6.07, 6.45) is 5.00. The van der Waals surface area contributed by atoms with Gasteiger partial charge in [-0.25, -0.2) is 0 Å². The van der Waals surface area contributed by atoms with E-state index in [9.17, 15) is 4.79 Å². The molecule has 1 aromatic rings. The normalized spacial score (nSPS) is 16.6. The van der Waals surface area contributed by atoms with Gasteiger partial charge in [-0.15, -0.1) is 11.3 Å². The minimum absolute atomic E-state index is 0.00505. The summed E-state index contributed by atoms with van der Waals surface area (Å²) >= 11 is 1.40. The summed E-state index contributed by atoms with van der Waals surface area (Å²) in [7, 11) is 0. The predicted octanol–water partition coefficient (Wildman–Crippen LogP) is 2.71. The molecule has 2 N–H and O–H groups in total. The number of aliphatic hydroxyl groups is 1. The summed E-state index contributed by atoms with van der Waals surface area (Å²) in [5, 5.41) is 11.8. The lowest BCUT2D eigenvalue weighted by Gasteiger charge is -2.19. The average molecular weight is 291 g/mol. The second-order valence-electron chi connectivity index (χ2n) is 5.39. The molecule has 2 rings (SSSR count). The number of aryl methyl sites for hydroxylation is 1. The molecule has 20 heavy (non-hydrogen) atoms. The molecule has 0 bridgehead atoms. The fraction of sp³-hybridized carbons (Fsp3) is 0.562. The Labute approximate surface area is 124 Å². The first-order valence-corrected chi connectivity index (χ1v) is 7.94. The lowest BCUT2D eigenvalue weighted by atomic mass is 10.00. The molecule has 1 aromatic heterocycles. The molecule has 0 radical (unpaired) electrons. The highest BCUT2D eigenvalue weighted by Gasteiger charge is 2.23. The van der Waals surface area contributed by atoms with Gasteiger partial charge in [0.25, 0.3) is 5.91 Å². The van der Waals surface area contributed by atoms with Crippen molar-refractivity contribution in [2.75, 3.05) is 6.61 Å². The molecule has 1 unspecified atom stereocenters. The molecular formula is C16H21NO2S. The molecule has 0 spiro atoms. The molecule has 1 aliphatic carbocycles. The largest absolute Gasteiger partial charge is 0.384 e. The average Bonchev–Trinajstić information content (AvgIpc) is 3.06. The van der Waals surface area contributed by atoms with Gasteiger partial charge in [-0.1, -0.05) is 24.7 Å². The van der Waals surface area contributed by atoms with Gasteiger partial charge < -0.3 is 10.4 Å². The molecular weight excluding hydrogens is 270 g/mol. The number of rotatable bonds is 3. The molecule has 4 heteroatoms. The zero-order valence-corrected chi connectivity index (χ0v) is 12.8. The van der Waals surface area contributed by atoms with E-state index in [1.54, 1.807) is 0 Å². The van der Waals surface area contributed by atoms with Gasteiger partial charge in [-0.05, 0) is 44.2 Å². The van der Waals surface area contributed by atoms with Crippen LogP contribution in [0.15, 0.2) is 6.07 Å². The SMILES string of the molecule is Cc1cc(C(=O)NC(C)C2CCCC2)sc1C#CCO. The van der Waals surface area contributed by atoms with Crippen LogP contribution in [-0.2, 0) is 0 Å². The van der Waals surface area contributed by atoms with Crippen LogP contribution in [0.5, 0.6) is 0 Å². The van der Waals surface area contributed by atoms with E-state index >= 15 is 0 Å². The van der Waals surface area contributed by atoms with Crippen molar-refractivity contribution in [3.63, 3.8) is 0 Å². The van der Waals surface area contributed by atoms with Crippen LogP contribution in [0.4, 0.5) is 0 Å². The Kier molecular flexibility index (Phi) is 5.22. The maximum Gasteiger partial charge on any atom is 0.261 e. The fourth-order valence-electron chi connectivity index (χ4n) is 2.69. The Hall–Kier alpha value is -1.31. The third kappa shape index (κ3) is 3.62. The molecule has 3 nitrogen and oxygen atoms in total. The van der Waals surface area contributed by atoms with Gasteiger partial charge in [-0.2, -0.15) is 0 Å². The number of thiophene rings is 1. The topological polar surface area (TPSA) is 49.3 Å². The number of nitrogens with one attached hydrogen (secondary N) is 1. The Morgan fingerprint density at radius 3 is 2.90 bits per heavy atom. The number of hydrogen-bond donors (Lipinski definition) is 2. The highest BCUT2D eigenvalue weighted by Crippen LogP contribution is 2.28. The summed E-state index contributed by atoms with van der Waals surface area (Å²) in [4.78, 5) is 13.8. The van der Waals surface area contributed by atoms with Crippen molar-refractivity contribution in [3.8, 4) is 11.8 Å². The summed E-state index contributed by atoms with van der Waals surface area (Å²) in [5.74, 6) is 6.13. The first kappa shape index (κ1) is 15.1. The van der Waals surface area contributed by atoms with Crippen LogP contribution in [0.25, 0.3) is 0 Å². The van der Waals surface area contributed by atoms with E-state index < -0.39 is 0 Å². The lowest BCUT2D eigenvalue weighted by Crippen LogP contribution is -2.36. The monoisotopic (exact) mass is 291 g/mol. The molecule has 1 amide bonds. The molecule has 1 fully saturated rings. The number of carbonyl (C=O) groups is 1. The van der Waals surface area contributed by atoms with E-state index in [2.05, 4.69) is 24.1 Å². The standard InChI is InChI=1S/C16H21NO2S/c1-11-10-15(20-14(11)8-5-9-18)16(19)17-12(2)13-6-3-4-7-13/h10,12-13,18H,3-4,6-7,9H2,1-2H3,(H,17,19). The minimum atomic E-state index is -0.155. The van der Waals surface area contributed by atoms with Crippen molar-refractivity contribution in [3.05, 3.63) is 21.4 Å². The summed E-state index contributed by atoms with van der Waals surface area (Å²) in [5.41, 5.74) is 0.995. The number of carbonyl (C=O) groups excluding carboxylic acids is 1. The van der Waals surface area contributed by atoms with Gasteiger partial charge in [0.15, 0.2) is 0 Å². The lowest BCUT2D eigenvalue weighted by molar-refractivity contribution is 0.0931. The maximum absolute atomic E-state index is 12.3. The Morgan fingerprint density at radius 2 is 2.25 bits per heavy atom. The Morgan fingerprint density at radius 1 is 1.55 bits per heavy atom. The molecule has 1 aliphatic rings. The van der Waals surface area contributed by atoms with E-state index in [4.69, 9.17) is 5.11 Å². The second kappa shape index (κ2) is 6.92. The van der Waals surface area contributed by atoms with E-state index in [-0.39, 0.29) is 18.6 Å². The zero-order valence-electron chi connectivity index (χ0n) is 12.0. The van der Waals surface area contributed by atoms with Gasteiger partial charge in [0.1, 0.15) is 6.61 Å². The van der Waals surface area contributed by atoms with Crippen molar-refractivity contribution in [1.29, 1.82) is 0 Å². The molecule has 0 saturated heterocycles. The van der Waals surface area contributed by atoms with E-state index in [0.717, 1.165) is 10.4 Å². The van der Waals surface area contributed by atoms with Crippen LogP contribution in [0.1, 0.15) is 52.7 Å². The van der Waals surface area contributed by atoms with E-state index in [1.807, 2.05) is 13.0 Å². The molecule has 0 aliphatic heterocycles. The van der Waals surface area contributed by atoms with E-state index in [1.165, 1.54) is 37.0 Å². The third-order valence-electron chi connectivity index (χ3n) is 3.89.